The first-order chi connectivity index (χ1) is 9.49. The molecule has 1 N–H and O–H groups in total. The molecule has 7 heteroatoms. The molecule has 2 aliphatic rings. The number of fused-ring (bicyclic) bond motifs is 2. The molecular formula is C13H16N2O4S. The van der Waals surface area contributed by atoms with Crippen molar-refractivity contribution in [3.63, 3.8) is 0 Å². The van der Waals surface area contributed by atoms with Gasteiger partial charge in [-0.05, 0) is 26.2 Å². The number of carboxylic acid groups (broad SMARTS) is 1. The Hall–Kier alpha value is -1.63. The van der Waals surface area contributed by atoms with Gasteiger partial charge in [0.15, 0.2) is 0 Å². The molecule has 108 valence electrons. The van der Waals surface area contributed by atoms with Crippen molar-refractivity contribution in [2.75, 3.05) is 0 Å². The molecule has 0 saturated carbocycles. The molecule has 1 aromatic rings. The zero-order valence-electron chi connectivity index (χ0n) is 11.1. The van der Waals surface area contributed by atoms with Crippen molar-refractivity contribution in [1.29, 1.82) is 0 Å². The number of hydrogen-bond donors (Lipinski definition) is 1. The molecule has 1 aromatic heterocycles. The number of aliphatic carboxylic acids is 1. The smallest absolute Gasteiger partial charge is 0.308 e. The lowest BCUT2D eigenvalue weighted by atomic mass is 9.89. The minimum absolute atomic E-state index is 0.0213. The van der Waals surface area contributed by atoms with Crippen LogP contribution in [0.3, 0.4) is 0 Å². The van der Waals surface area contributed by atoms with E-state index in [0.29, 0.717) is 6.42 Å². The van der Waals surface area contributed by atoms with E-state index >= 15 is 0 Å². The number of carboxylic acids is 1. The fourth-order valence-electron chi connectivity index (χ4n) is 3.46. The van der Waals surface area contributed by atoms with Crippen LogP contribution in [0.1, 0.15) is 25.0 Å². The van der Waals surface area contributed by atoms with Crippen molar-refractivity contribution < 1.29 is 14.7 Å². The molecule has 1 amide bonds. The maximum atomic E-state index is 12.4. The van der Waals surface area contributed by atoms with Gasteiger partial charge in [0, 0.05) is 23.2 Å². The average Bonchev–Trinajstić information content (AvgIpc) is 3.06. The highest BCUT2D eigenvalue weighted by molar-refractivity contribution is 7.07. The largest absolute Gasteiger partial charge is 0.481 e. The molecule has 3 unspecified atom stereocenters. The number of nitrogens with zero attached hydrogens (tertiary/aromatic N) is 2. The van der Waals surface area contributed by atoms with Crippen LogP contribution in [0.2, 0.25) is 0 Å². The monoisotopic (exact) mass is 296 g/mol. The van der Waals surface area contributed by atoms with Crippen LogP contribution >= 0.6 is 11.3 Å². The van der Waals surface area contributed by atoms with Crippen molar-refractivity contribution in [3.8, 4) is 0 Å². The number of hydrogen-bond acceptors (Lipinski definition) is 4. The Balaban J connectivity index is 1.79. The molecule has 0 aromatic carbocycles. The second-order valence-electron chi connectivity index (χ2n) is 5.51. The maximum Gasteiger partial charge on any atom is 0.308 e. The summed E-state index contributed by atoms with van der Waals surface area (Å²) in [4.78, 5) is 36.8. The van der Waals surface area contributed by atoms with Gasteiger partial charge in [-0.3, -0.25) is 19.0 Å². The highest BCUT2D eigenvalue weighted by Crippen LogP contribution is 2.41. The van der Waals surface area contributed by atoms with Crippen LogP contribution in [0.15, 0.2) is 10.2 Å². The van der Waals surface area contributed by atoms with Crippen molar-refractivity contribution in [2.24, 2.45) is 5.92 Å². The van der Waals surface area contributed by atoms with Gasteiger partial charge in [0.2, 0.25) is 5.91 Å². The number of aromatic nitrogens is 1. The van der Waals surface area contributed by atoms with Crippen LogP contribution in [0.5, 0.6) is 0 Å². The summed E-state index contributed by atoms with van der Waals surface area (Å²) in [5.74, 6) is -1.40. The SMILES string of the molecule is Cc1csc(=O)n1CC(=O)N1C2CCC1C(C(=O)O)C2. The van der Waals surface area contributed by atoms with E-state index in [9.17, 15) is 19.5 Å². The van der Waals surface area contributed by atoms with E-state index in [1.807, 2.05) is 0 Å². The predicted molar refractivity (Wildman–Crippen MR) is 72.7 cm³/mol. The molecule has 3 rings (SSSR count). The molecular weight excluding hydrogens is 280 g/mol. The van der Waals surface area contributed by atoms with Gasteiger partial charge in [-0.1, -0.05) is 11.3 Å². The van der Waals surface area contributed by atoms with Gasteiger partial charge in [-0.2, -0.15) is 0 Å². The topological polar surface area (TPSA) is 79.6 Å². The molecule has 20 heavy (non-hydrogen) atoms. The summed E-state index contributed by atoms with van der Waals surface area (Å²) in [7, 11) is 0. The second kappa shape index (κ2) is 4.73. The van der Waals surface area contributed by atoms with E-state index < -0.39 is 11.9 Å². The molecule has 2 fully saturated rings. The Morgan fingerprint density at radius 1 is 1.45 bits per heavy atom. The normalized spacial score (nSPS) is 28.1. The number of rotatable bonds is 3. The summed E-state index contributed by atoms with van der Waals surface area (Å²) in [6, 6.07) is -0.164. The Bertz CT molecular complexity index is 620. The van der Waals surface area contributed by atoms with Crippen molar-refractivity contribution in [3.05, 3.63) is 20.7 Å². The molecule has 3 atom stereocenters. The average molecular weight is 296 g/mol. The van der Waals surface area contributed by atoms with Gasteiger partial charge < -0.3 is 10.0 Å². The highest BCUT2D eigenvalue weighted by Gasteiger charge is 2.51. The van der Waals surface area contributed by atoms with Gasteiger partial charge >= 0.3 is 10.8 Å². The first-order valence-electron chi connectivity index (χ1n) is 6.68. The molecule has 0 spiro atoms. The van der Waals surface area contributed by atoms with Crippen LogP contribution in [0.25, 0.3) is 0 Å². The molecule has 0 aliphatic carbocycles. The van der Waals surface area contributed by atoms with Gasteiger partial charge in [0.1, 0.15) is 6.54 Å². The van der Waals surface area contributed by atoms with Crippen LogP contribution in [-0.4, -0.2) is 38.5 Å². The van der Waals surface area contributed by atoms with Gasteiger partial charge in [-0.15, -0.1) is 0 Å². The van der Waals surface area contributed by atoms with Crippen LogP contribution in [-0.2, 0) is 16.1 Å². The van der Waals surface area contributed by atoms with E-state index in [1.165, 1.54) is 4.57 Å². The van der Waals surface area contributed by atoms with E-state index in [4.69, 9.17) is 0 Å². The lowest BCUT2D eigenvalue weighted by Crippen LogP contribution is -2.40. The van der Waals surface area contributed by atoms with Crippen molar-refractivity contribution >= 4 is 23.2 Å². The lowest BCUT2D eigenvalue weighted by molar-refractivity contribution is -0.143. The summed E-state index contributed by atoms with van der Waals surface area (Å²) >= 11 is 1.08. The fourth-order valence-corrected chi connectivity index (χ4v) is 4.19. The quantitative estimate of drug-likeness (QED) is 0.889. The van der Waals surface area contributed by atoms with Crippen LogP contribution in [0.4, 0.5) is 0 Å². The predicted octanol–water partition coefficient (Wildman–Crippen LogP) is 0.682. The Kier molecular flexibility index (Phi) is 3.16. The minimum atomic E-state index is -0.820. The number of amides is 1. The van der Waals surface area contributed by atoms with Crippen LogP contribution < -0.4 is 4.87 Å². The molecule has 2 aliphatic heterocycles. The fraction of sp³-hybridized carbons (Fsp3) is 0.615. The molecule has 0 radical (unpaired) electrons. The lowest BCUT2D eigenvalue weighted by Gasteiger charge is -2.23. The zero-order chi connectivity index (χ0) is 14.4. The van der Waals surface area contributed by atoms with Crippen molar-refractivity contribution in [1.82, 2.24) is 9.47 Å². The van der Waals surface area contributed by atoms with Gasteiger partial charge in [0.05, 0.1) is 5.92 Å². The van der Waals surface area contributed by atoms with E-state index in [1.54, 1.807) is 17.2 Å². The van der Waals surface area contributed by atoms with E-state index in [2.05, 4.69) is 0 Å². The maximum absolute atomic E-state index is 12.4. The summed E-state index contributed by atoms with van der Waals surface area (Å²) in [5.41, 5.74) is 0.773. The Morgan fingerprint density at radius 2 is 2.20 bits per heavy atom. The van der Waals surface area contributed by atoms with E-state index in [-0.39, 0.29) is 29.4 Å². The number of carbonyl (C=O) groups is 2. The van der Waals surface area contributed by atoms with Gasteiger partial charge in [0.25, 0.3) is 0 Å². The second-order valence-corrected chi connectivity index (χ2v) is 6.33. The Morgan fingerprint density at radius 3 is 2.75 bits per heavy atom. The molecule has 2 saturated heterocycles. The number of aryl methyl sites for hydroxylation is 1. The summed E-state index contributed by atoms with van der Waals surface area (Å²) in [5, 5.41) is 10.9. The molecule has 2 bridgehead atoms. The standard InChI is InChI=1S/C13H16N2O4S/c1-7-6-20-13(19)14(7)5-11(16)15-8-2-3-10(15)9(4-8)12(17)18/h6,8-10H,2-5H2,1H3,(H,17,18). The zero-order valence-corrected chi connectivity index (χ0v) is 11.9. The summed E-state index contributed by atoms with van der Waals surface area (Å²) < 4.78 is 1.46. The number of thiazole rings is 1. The van der Waals surface area contributed by atoms with Crippen molar-refractivity contribution in [2.45, 2.75) is 44.8 Å². The first-order valence-corrected chi connectivity index (χ1v) is 7.56. The molecule has 6 nitrogen and oxygen atoms in total. The third kappa shape index (κ3) is 1.96. The van der Waals surface area contributed by atoms with E-state index in [0.717, 1.165) is 29.9 Å². The minimum Gasteiger partial charge on any atom is -0.481 e. The summed E-state index contributed by atoms with van der Waals surface area (Å²) in [6.07, 6.45) is 2.17. The number of carbonyl (C=O) groups excluding carboxylic acids is 1. The summed E-state index contributed by atoms with van der Waals surface area (Å²) in [6.45, 7) is 1.82. The first kappa shape index (κ1) is 13.4. The highest BCUT2D eigenvalue weighted by atomic mass is 32.1. The van der Waals surface area contributed by atoms with Gasteiger partial charge in [-0.25, -0.2) is 0 Å². The molecule has 3 heterocycles. The third-order valence-corrected chi connectivity index (χ3v) is 5.29. The van der Waals surface area contributed by atoms with Crippen LogP contribution in [0, 0.1) is 12.8 Å². The Labute approximate surface area is 119 Å². The third-order valence-electron chi connectivity index (χ3n) is 4.41.